The Morgan fingerprint density at radius 2 is 1.41 bits per heavy atom. The molecule has 0 aromatic rings. The van der Waals surface area contributed by atoms with Crippen LogP contribution >= 0.6 is 15.9 Å². The fourth-order valence-electron chi connectivity index (χ4n) is 1.71. The molecule has 1 fully saturated rings. The minimum absolute atomic E-state index is 0.0255. The zero-order valence-corrected chi connectivity index (χ0v) is 31.0. The number of carbonyl (C=O) groups is 5. The molecule has 0 spiro atoms. The SMILES string of the molecule is C#CC(C)C.CC(=O)OC(C)C.CC(C)C(=O)ON1C(=O)CCC1=O.CC(C)CBr.CC(C)N=[N+]=[N-].CCC(=O)NC(C)C. The molecule has 13 heteroatoms. The Morgan fingerprint density at radius 1 is 1.00 bits per heavy atom. The van der Waals surface area contributed by atoms with Gasteiger partial charge in [-0.2, -0.15) is 0 Å². The fraction of sp³-hybridized carbons (Fsp3) is 0.774. The highest BCUT2D eigenvalue weighted by molar-refractivity contribution is 9.09. The van der Waals surface area contributed by atoms with Crippen molar-refractivity contribution in [2.75, 3.05) is 5.33 Å². The van der Waals surface area contributed by atoms with Crippen molar-refractivity contribution in [3.05, 3.63) is 10.4 Å². The van der Waals surface area contributed by atoms with E-state index in [1.807, 2.05) is 62.3 Å². The maximum atomic E-state index is 11.0. The van der Waals surface area contributed by atoms with Gasteiger partial charge in [0.15, 0.2) is 0 Å². The van der Waals surface area contributed by atoms with Gasteiger partial charge in [-0.3, -0.25) is 19.2 Å². The van der Waals surface area contributed by atoms with Crippen LogP contribution in [0.2, 0.25) is 0 Å². The number of carbonyl (C=O) groups excluding carboxylic acids is 5. The van der Waals surface area contributed by atoms with Crippen molar-refractivity contribution in [2.24, 2.45) is 22.9 Å². The molecule has 256 valence electrons. The molecule has 1 N–H and O–H groups in total. The number of halogens is 1. The monoisotopic (exact) mass is 691 g/mol. The zero-order valence-electron chi connectivity index (χ0n) is 29.4. The number of alkyl halides is 1. The molecule has 0 radical (unpaired) electrons. The zero-order chi connectivity index (χ0) is 36.0. The Kier molecular flexibility index (Phi) is 37.7. The van der Waals surface area contributed by atoms with E-state index in [1.54, 1.807) is 13.8 Å². The number of amides is 3. The second-order valence-electron chi connectivity index (χ2n) is 11.0. The minimum Gasteiger partial charge on any atom is -0.463 e. The molecule has 44 heavy (non-hydrogen) atoms. The molecule has 0 unspecified atom stereocenters. The van der Waals surface area contributed by atoms with Gasteiger partial charge in [-0.05, 0) is 39.1 Å². The van der Waals surface area contributed by atoms with Gasteiger partial charge < -0.3 is 14.9 Å². The quantitative estimate of drug-likeness (QED) is 0.0562. The van der Waals surface area contributed by atoms with Crippen molar-refractivity contribution in [1.82, 2.24) is 10.4 Å². The van der Waals surface area contributed by atoms with Gasteiger partial charge in [0.25, 0.3) is 11.8 Å². The van der Waals surface area contributed by atoms with Gasteiger partial charge in [-0.15, -0.1) is 17.4 Å². The first kappa shape index (κ1) is 50.5. The number of nitrogens with one attached hydrogen (secondary N) is 1. The number of rotatable bonds is 7. The molecule has 12 nitrogen and oxygen atoms in total. The van der Waals surface area contributed by atoms with Crippen molar-refractivity contribution in [2.45, 2.75) is 134 Å². The van der Waals surface area contributed by atoms with Gasteiger partial charge >= 0.3 is 11.9 Å². The highest BCUT2D eigenvalue weighted by atomic mass is 79.9. The predicted octanol–water partition coefficient (Wildman–Crippen LogP) is 7.15. The predicted molar refractivity (Wildman–Crippen MR) is 179 cm³/mol. The summed E-state index contributed by atoms with van der Waals surface area (Å²) < 4.78 is 4.61. The first-order chi connectivity index (χ1) is 20.1. The third-order valence-electron chi connectivity index (χ3n) is 3.76. The number of hydrogen-bond donors (Lipinski definition) is 1. The van der Waals surface area contributed by atoms with E-state index in [1.165, 1.54) is 6.92 Å². The van der Waals surface area contributed by atoms with E-state index in [-0.39, 0.29) is 48.8 Å². The minimum atomic E-state index is -0.566. The van der Waals surface area contributed by atoms with Gasteiger partial charge in [0.05, 0.1) is 12.0 Å². The van der Waals surface area contributed by atoms with E-state index in [0.29, 0.717) is 17.4 Å². The molecular formula is C31H58BrN5O7. The van der Waals surface area contributed by atoms with E-state index in [2.05, 4.69) is 60.6 Å². The molecule has 0 saturated carbocycles. The number of azide groups is 1. The average molecular weight is 693 g/mol. The number of hydrogen-bond acceptors (Lipinski definition) is 8. The Bertz CT molecular complexity index is 876. The Morgan fingerprint density at radius 3 is 1.55 bits per heavy atom. The van der Waals surface area contributed by atoms with Crippen LogP contribution in [0.1, 0.15) is 116 Å². The van der Waals surface area contributed by atoms with E-state index < -0.39 is 17.8 Å². The fourth-order valence-corrected chi connectivity index (χ4v) is 1.71. The summed E-state index contributed by atoms with van der Waals surface area (Å²) in [4.78, 5) is 60.7. The van der Waals surface area contributed by atoms with Crippen LogP contribution in [0.4, 0.5) is 0 Å². The molecule has 1 rings (SSSR count). The number of nitrogens with zero attached hydrogens (tertiary/aromatic N) is 4. The van der Waals surface area contributed by atoms with Crippen LogP contribution in [0.25, 0.3) is 10.4 Å². The summed E-state index contributed by atoms with van der Waals surface area (Å²) in [6.45, 7) is 26.0. The van der Waals surface area contributed by atoms with Gasteiger partial charge in [0.2, 0.25) is 5.91 Å². The average Bonchev–Trinajstić information content (AvgIpc) is 3.21. The summed E-state index contributed by atoms with van der Waals surface area (Å²) in [7, 11) is 0. The Hall–Kier alpha value is -3.10. The lowest BCUT2D eigenvalue weighted by atomic mass is 10.2. The maximum Gasteiger partial charge on any atom is 0.335 e. The number of hydroxylamine groups is 2. The molecule has 1 heterocycles. The lowest BCUT2D eigenvalue weighted by Gasteiger charge is -2.13. The highest BCUT2D eigenvalue weighted by Gasteiger charge is 2.33. The van der Waals surface area contributed by atoms with Gasteiger partial charge in [0, 0.05) is 54.4 Å². The largest absolute Gasteiger partial charge is 0.463 e. The number of terminal acetylenes is 1. The molecule has 0 bridgehead atoms. The molecule has 0 aromatic heterocycles. The molecule has 1 aliphatic rings. The van der Waals surface area contributed by atoms with E-state index >= 15 is 0 Å². The van der Waals surface area contributed by atoms with Crippen LogP contribution in [-0.4, -0.2) is 58.2 Å². The van der Waals surface area contributed by atoms with Crippen molar-refractivity contribution in [3.63, 3.8) is 0 Å². The summed E-state index contributed by atoms with van der Waals surface area (Å²) in [6.07, 6.45) is 5.79. The van der Waals surface area contributed by atoms with Crippen molar-refractivity contribution < 1.29 is 33.5 Å². The van der Waals surface area contributed by atoms with Crippen molar-refractivity contribution in [3.8, 4) is 12.3 Å². The lowest BCUT2D eigenvalue weighted by Crippen LogP contribution is -2.33. The van der Waals surface area contributed by atoms with Crippen LogP contribution in [0.5, 0.6) is 0 Å². The lowest BCUT2D eigenvalue weighted by molar-refractivity contribution is -0.199. The van der Waals surface area contributed by atoms with Crippen LogP contribution in [0.3, 0.4) is 0 Å². The smallest absolute Gasteiger partial charge is 0.335 e. The van der Waals surface area contributed by atoms with Crippen LogP contribution in [0, 0.1) is 30.1 Å². The van der Waals surface area contributed by atoms with Gasteiger partial charge in [-0.1, -0.05) is 83.4 Å². The summed E-state index contributed by atoms with van der Waals surface area (Å²) in [6, 6.07) is 0.387. The van der Waals surface area contributed by atoms with E-state index in [0.717, 1.165) is 11.2 Å². The van der Waals surface area contributed by atoms with Crippen LogP contribution in [-0.2, 0) is 33.5 Å². The normalized spacial score (nSPS) is 11.2. The van der Waals surface area contributed by atoms with E-state index in [4.69, 9.17) is 12.0 Å². The third kappa shape index (κ3) is 45.9. The maximum absolute atomic E-state index is 11.0. The highest BCUT2D eigenvalue weighted by Crippen LogP contribution is 2.13. The van der Waals surface area contributed by atoms with Crippen LogP contribution < -0.4 is 5.32 Å². The first-order valence-corrected chi connectivity index (χ1v) is 15.9. The molecular weight excluding hydrogens is 634 g/mol. The molecule has 1 aliphatic heterocycles. The molecule has 0 atom stereocenters. The molecule has 1 saturated heterocycles. The standard InChI is InChI=1S/C8H11NO4.C6H13NO.C5H10O2.C5H8.C4H9Br.C3H7N3/c1-5(2)8(12)13-9-6(10)3-4-7(9)11;1-4-6(8)7-5(2)3;1-4(2)7-5(3)6;1-4-5(2)3;1-4(2)3-5;1-3(2)5-6-4/h5H,3-4H2,1-2H3;5H,4H2,1-3H3,(H,7,8);4H,1-3H3;1,5H,2-3H3;4H,3H2,1-2H3;3H,1-2H3. The molecule has 0 aromatic carbocycles. The summed E-state index contributed by atoms with van der Waals surface area (Å²) in [5, 5.41) is 7.73. The van der Waals surface area contributed by atoms with Gasteiger partial charge in [-0.25, -0.2) is 4.79 Å². The van der Waals surface area contributed by atoms with Crippen molar-refractivity contribution >= 4 is 45.6 Å². The van der Waals surface area contributed by atoms with Crippen LogP contribution in [0.15, 0.2) is 5.11 Å². The van der Waals surface area contributed by atoms with Crippen molar-refractivity contribution in [1.29, 1.82) is 0 Å². The molecule has 3 amide bonds. The topological polar surface area (TPSA) is 168 Å². The summed E-state index contributed by atoms with van der Waals surface area (Å²) in [5.41, 5.74) is 7.70. The Balaban J connectivity index is -0.000000145. The number of esters is 1. The number of ether oxygens (including phenoxy) is 1. The van der Waals surface area contributed by atoms with E-state index in [9.17, 15) is 24.0 Å². The second kappa shape index (κ2) is 32.8. The second-order valence-corrected chi connectivity index (χ2v) is 11.7. The Labute approximate surface area is 274 Å². The third-order valence-corrected chi connectivity index (χ3v) is 5.05. The molecule has 0 aliphatic carbocycles. The number of imide groups is 1. The summed E-state index contributed by atoms with van der Waals surface area (Å²) >= 11 is 3.31. The first-order valence-electron chi connectivity index (χ1n) is 14.7. The van der Waals surface area contributed by atoms with Gasteiger partial charge in [0.1, 0.15) is 0 Å². The summed E-state index contributed by atoms with van der Waals surface area (Å²) in [5.74, 6) is 1.85.